The van der Waals surface area contributed by atoms with Crippen LogP contribution in [0.4, 0.5) is 34.1 Å². The predicted octanol–water partition coefficient (Wildman–Crippen LogP) is 24.0. The minimum atomic E-state index is 1.02. The zero-order valence-corrected chi connectivity index (χ0v) is 49.0. The van der Waals surface area contributed by atoms with Crippen LogP contribution in [0.2, 0.25) is 0 Å². The van der Waals surface area contributed by atoms with Crippen LogP contribution in [0.3, 0.4) is 0 Å². The van der Waals surface area contributed by atoms with Gasteiger partial charge in [-0.15, -0.1) is 0 Å². The number of rotatable bonds is 16. The quantitative estimate of drug-likeness (QED) is 0.0894. The molecule has 0 bridgehead atoms. The second-order valence-electron chi connectivity index (χ2n) is 22.1. The monoisotopic (exact) mass is 1130 g/mol. The van der Waals surface area contributed by atoms with Crippen LogP contribution < -0.4 is 9.80 Å². The number of hydrogen-bond acceptors (Lipinski definition) is 2. The van der Waals surface area contributed by atoms with E-state index in [4.69, 9.17) is 0 Å². The van der Waals surface area contributed by atoms with Gasteiger partial charge in [0.1, 0.15) is 0 Å². The predicted molar refractivity (Wildman–Crippen MR) is 376 cm³/mol. The average Bonchev–Trinajstić information content (AvgIpc) is 2.34. The number of anilines is 6. The average molecular weight is 1130 g/mol. The highest BCUT2D eigenvalue weighted by Crippen LogP contribution is 2.46. The molecule has 3 heteroatoms. The van der Waals surface area contributed by atoms with Crippen LogP contribution >= 0.6 is 0 Å². The number of aromatic nitrogens is 1. The van der Waals surface area contributed by atoms with Crippen LogP contribution in [0.25, 0.3) is 105 Å². The highest BCUT2D eigenvalue weighted by Gasteiger charge is 2.22. The Labute approximate surface area is 516 Å². The molecule has 13 aromatic carbocycles. The van der Waals surface area contributed by atoms with Crippen molar-refractivity contribution >= 4 is 61.6 Å². The summed E-state index contributed by atoms with van der Waals surface area (Å²) in [6.45, 7) is 6.31. The van der Waals surface area contributed by atoms with Crippen molar-refractivity contribution in [2.75, 3.05) is 9.80 Å². The number of allylic oxidation sites excluding steroid dienone is 5. The maximum Gasteiger partial charge on any atom is 0.0541 e. The Kier molecular flexibility index (Phi) is 15.2. The fourth-order valence-electron chi connectivity index (χ4n) is 12.4. The molecule has 0 fully saturated rings. The Morgan fingerprint density at radius 3 is 1.07 bits per heavy atom. The second-order valence-corrected chi connectivity index (χ2v) is 22.1. The first kappa shape index (κ1) is 54.4. The van der Waals surface area contributed by atoms with Crippen LogP contribution in [0.1, 0.15) is 6.92 Å². The molecule has 1 heterocycles. The zero-order chi connectivity index (χ0) is 59.2. The van der Waals surface area contributed by atoms with Crippen LogP contribution in [-0.4, -0.2) is 4.57 Å². The Hall–Kier alpha value is -11.5. The van der Waals surface area contributed by atoms with E-state index in [-0.39, 0.29) is 0 Å². The van der Waals surface area contributed by atoms with E-state index in [2.05, 4.69) is 367 Å². The van der Waals surface area contributed by atoms with Gasteiger partial charge < -0.3 is 14.4 Å². The molecule has 14 aromatic rings. The van der Waals surface area contributed by atoms with Crippen LogP contribution in [0.15, 0.2) is 358 Å². The van der Waals surface area contributed by atoms with Crippen molar-refractivity contribution in [2.24, 2.45) is 0 Å². The normalized spacial score (nSPS) is 11.5. The maximum absolute atomic E-state index is 4.27. The number of hydrogen-bond donors (Lipinski definition) is 0. The van der Waals surface area contributed by atoms with Gasteiger partial charge in [-0.2, -0.15) is 0 Å². The van der Waals surface area contributed by atoms with E-state index in [0.717, 1.165) is 84.2 Å². The Balaban J connectivity index is 0.929. The summed E-state index contributed by atoms with van der Waals surface area (Å²) < 4.78 is 2.33. The molecule has 3 nitrogen and oxygen atoms in total. The van der Waals surface area contributed by atoms with Crippen molar-refractivity contribution in [1.82, 2.24) is 4.57 Å². The molecule has 0 N–H and O–H groups in total. The summed E-state index contributed by atoms with van der Waals surface area (Å²) in [6.07, 6.45) is 8.21. The number of para-hydroxylation sites is 1. The van der Waals surface area contributed by atoms with Gasteiger partial charge in [-0.25, -0.2) is 0 Å². The van der Waals surface area contributed by atoms with E-state index in [1.54, 1.807) is 0 Å². The molecule has 88 heavy (non-hydrogen) atoms. The topological polar surface area (TPSA) is 11.4 Å². The summed E-state index contributed by atoms with van der Waals surface area (Å²) in [5.41, 5.74) is 25.8. The molecule has 0 unspecified atom stereocenters. The Morgan fingerprint density at radius 1 is 0.295 bits per heavy atom. The van der Waals surface area contributed by atoms with Gasteiger partial charge in [-0.05, 0) is 188 Å². The van der Waals surface area contributed by atoms with E-state index in [0.29, 0.717) is 0 Å². The van der Waals surface area contributed by atoms with E-state index in [9.17, 15) is 0 Å². The van der Waals surface area contributed by atoms with Gasteiger partial charge in [0, 0.05) is 50.6 Å². The van der Waals surface area contributed by atoms with Crippen molar-refractivity contribution < 1.29 is 0 Å². The second kappa shape index (κ2) is 24.6. The fraction of sp³-hybridized carbons (Fsp3) is 0.0118. The molecule has 0 aliphatic heterocycles. The first-order valence-electron chi connectivity index (χ1n) is 30.1. The van der Waals surface area contributed by atoms with E-state index < -0.39 is 0 Å². The van der Waals surface area contributed by atoms with Gasteiger partial charge in [-0.1, -0.05) is 255 Å². The minimum Gasteiger partial charge on any atom is -0.311 e. The van der Waals surface area contributed by atoms with Gasteiger partial charge in [-0.3, -0.25) is 0 Å². The molecule has 0 saturated heterocycles. The lowest BCUT2D eigenvalue weighted by molar-refractivity contribution is 1.24. The highest BCUT2D eigenvalue weighted by molar-refractivity contribution is 6.12. The summed E-state index contributed by atoms with van der Waals surface area (Å²) in [5, 5.41) is 2.36. The molecule has 0 spiro atoms. The molecule has 0 atom stereocenters. The summed E-state index contributed by atoms with van der Waals surface area (Å²) in [4.78, 5) is 4.74. The van der Waals surface area contributed by atoms with Crippen LogP contribution in [-0.2, 0) is 0 Å². The molecule has 0 radical (unpaired) electrons. The summed E-state index contributed by atoms with van der Waals surface area (Å²) >= 11 is 0. The molecule has 14 rings (SSSR count). The summed E-state index contributed by atoms with van der Waals surface area (Å²) in [6, 6.07) is 119. The molecular formula is C85H63N3. The Morgan fingerprint density at radius 2 is 0.636 bits per heavy atom. The van der Waals surface area contributed by atoms with E-state index in [1.165, 1.54) is 55.3 Å². The smallest absolute Gasteiger partial charge is 0.0541 e. The SMILES string of the molecule is C=C/C(=C\C=C/C)n1c2ccccc2c2cc(-c3cccc(-c4cccc(N(c5ccc(-c6ccccc6)cc5)c5ccc(-c6ccccc6)cc5)c4)c3-c3ccc(N(c4ccc(-c5ccccc5)cc4)c4ccc(-c5ccccc5)cc4)cc3)ccc21. The van der Waals surface area contributed by atoms with Gasteiger partial charge in [0.2, 0.25) is 0 Å². The number of fused-ring (bicyclic) bond motifs is 3. The van der Waals surface area contributed by atoms with Gasteiger partial charge in [0.25, 0.3) is 0 Å². The Bertz CT molecular complexity index is 4630. The number of nitrogens with zero attached hydrogens (tertiary/aromatic N) is 3. The largest absolute Gasteiger partial charge is 0.311 e. The summed E-state index contributed by atoms with van der Waals surface area (Å²) in [7, 11) is 0. The lowest BCUT2D eigenvalue weighted by atomic mass is 9.87. The highest BCUT2D eigenvalue weighted by atomic mass is 15.1. The summed E-state index contributed by atoms with van der Waals surface area (Å²) in [5.74, 6) is 0. The molecule has 418 valence electrons. The van der Waals surface area contributed by atoms with E-state index in [1.807, 2.05) is 13.0 Å². The zero-order valence-electron chi connectivity index (χ0n) is 49.0. The van der Waals surface area contributed by atoms with Crippen molar-refractivity contribution in [3.05, 3.63) is 358 Å². The molecule has 0 aliphatic carbocycles. The first-order valence-corrected chi connectivity index (χ1v) is 30.1. The molecule has 1 aromatic heterocycles. The third-order valence-electron chi connectivity index (χ3n) is 16.7. The first-order chi connectivity index (χ1) is 43.6. The van der Waals surface area contributed by atoms with Crippen molar-refractivity contribution in [3.8, 4) is 77.9 Å². The van der Waals surface area contributed by atoms with Gasteiger partial charge in [0.05, 0.1) is 11.0 Å². The molecule has 0 saturated carbocycles. The minimum absolute atomic E-state index is 1.02. The van der Waals surface area contributed by atoms with Crippen molar-refractivity contribution in [2.45, 2.75) is 6.92 Å². The van der Waals surface area contributed by atoms with E-state index >= 15 is 0 Å². The molecule has 0 aliphatic rings. The number of benzene rings is 13. The van der Waals surface area contributed by atoms with Gasteiger partial charge in [0.15, 0.2) is 0 Å². The van der Waals surface area contributed by atoms with Crippen molar-refractivity contribution in [3.63, 3.8) is 0 Å². The lowest BCUT2D eigenvalue weighted by Crippen LogP contribution is -2.10. The van der Waals surface area contributed by atoms with Crippen LogP contribution in [0, 0.1) is 0 Å². The fourth-order valence-corrected chi connectivity index (χ4v) is 12.4. The third-order valence-corrected chi connectivity index (χ3v) is 16.7. The van der Waals surface area contributed by atoms with Gasteiger partial charge >= 0.3 is 0 Å². The lowest BCUT2D eigenvalue weighted by Gasteiger charge is -2.27. The maximum atomic E-state index is 4.27. The third kappa shape index (κ3) is 10.9. The molecule has 0 amide bonds. The molecular weight excluding hydrogens is 1060 g/mol. The standard InChI is InChI=1S/C85H63N3/c1-3-5-31-72(4-2)88-83-36-19-18-33-81(83)82-60-71(47-58-84(82)88)80-35-21-34-79(70-30-20-32-78(59-70)87(76-52-41-67(42-53-76)63-26-14-8-15-27-63)77-54-43-68(44-55-77)64-28-16-9-17-29-64)85(80)69-45-56-75(57-46-69)86(73-48-37-65(38-49-73)61-22-10-6-11-23-61)74-50-39-66(40-51-74)62-24-12-7-13-25-62/h3-60H,2H2,1H3/b5-3-,72-31+. The van der Waals surface area contributed by atoms with Crippen molar-refractivity contribution in [1.29, 1.82) is 0 Å². The van der Waals surface area contributed by atoms with Crippen LogP contribution in [0.5, 0.6) is 0 Å².